The highest BCUT2D eigenvalue weighted by atomic mass is 19.3. The minimum atomic E-state index is -4.79. The van der Waals surface area contributed by atoms with Crippen molar-refractivity contribution in [1.82, 2.24) is 0 Å². The molecule has 1 fully saturated rings. The first-order chi connectivity index (χ1) is 21.4. The molecule has 0 atom stereocenters. The molecule has 0 N–H and O–H groups in total. The summed E-state index contributed by atoms with van der Waals surface area (Å²) in [6.07, 6.45) is 2.95. The van der Waals surface area contributed by atoms with E-state index < -0.39 is 63.7 Å². The Bertz CT molecular complexity index is 1650. The van der Waals surface area contributed by atoms with Gasteiger partial charge in [-0.3, -0.25) is 0 Å². The minimum absolute atomic E-state index is 0.0867. The molecule has 1 aliphatic rings. The van der Waals surface area contributed by atoms with E-state index in [2.05, 4.69) is 11.7 Å². The van der Waals surface area contributed by atoms with Gasteiger partial charge in [0.2, 0.25) is 0 Å². The number of hydrogen-bond donors (Lipinski definition) is 0. The summed E-state index contributed by atoms with van der Waals surface area (Å²) in [5.74, 6) is -11.2. The Hall–Kier alpha value is -3.95. The van der Waals surface area contributed by atoms with Gasteiger partial charge in [0.05, 0.1) is 0 Å². The molecule has 238 valence electrons. The normalized spacial score (nSPS) is 17.0. The standard InChI is InChI=1S/C35H29F9O/c1-2-3-4-19-5-7-20(8-6-19)21-9-11-25(27(36)13-21)22-10-12-26(28(37)14-22)23-15-29(38)33(30(39)16-23)35(43,44)45-24-17-31(40)34(42)32(41)18-24/h9-20H,2-8H2,1H3. The van der Waals surface area contributed by atoms with Gasteiger partial charge in [0, 0.05) is 23.3 Å². The van der Waals surface area contributed by atoms with Gasteiger partial charge in [0.25, 0.3) is 0 Å². The van der Waals surface area contributed by atoms with Gasteiger partial charge in [-0.05, 0) is 78.5 Å². The van der Waals surface area contributed by atoms with Gasteiger partial charge in [-0.25, -0.2) is 30.7 Å². The number of alkyl halides is 2. The predicted octanol–water partition coefficient (Wildman–Crippen LogP) is 11.6. The number of hydrogen-bond acceptors (Lipinski definition) is 1. The van der Waals surface area contributed by atoms with Crippen molar-refractivity contribution in [1.29, 1.82) is 0 Å². The second kappa shape index (κ2) is 13.2. The zero-order valence-corrected chi connectivity index (χ0v) is 24.2. The van der Waals surface area contributed by atoms with Gasteiger partial charge in [0.15, 0.2) is 17.5 Å². The van der Waals surface area contributed by atoms with E-state index in [4.69, 9.17) is 0 Å². The topological polar surface area (TPSA) is 9.23 Å². The molecule has 0 heterocycles. The summed E-state index contributed by atoms with van der Waals surface area (Å²) < 4.78 is 133. The van der Waals surface area contributed by atoms with E-state index >= 15 is 8.78 Å². The summed E-state index contributed by atoms with van der Waals surface area (Å²) in [5.41, 5.74) is -1.54. The molecule has 0 spiro atoms. The largest absolute Gasteiger partial charge is 0.432 e. The van der Waals surface area contributed by atoms with Crippen molar-refractivity contribution < 1.29 is 44.3 Å². The van der Waals surface area contributed by atoms with Gasteiger partial charge >= 0.3 is 6.11 Å². The molecule has 5 rings (SSSR count). The van der Waals surface area contributed by atoms with E-state index in [-0.39, 0.29) is 34.7 Å². The monoisotopic (exact) mass is 636 g/mol. The lowest BCUT2D eigenvalue weighted by Crippen LogP contribution is -2.25. The number of halogens is 9. The van der Waals surface area contributed by atoms with Crippen molar-refractivity contribution in [3.05, 3.63) is 113 Å². The fourth-order valence-corrected chi connectivity index (χ4v) is 6.01. The second-order valence-corrected chi connectivity index (χ2v) is 11.4. The summed E-state index contributed by atoms with van der Waals surface area (Å²) in [7, 11) is 0. The van der Waals surface area contributed by atoms with Crippen LogP contribution in [0.1, 0.15) is 68.9 Å². The Morgan fingerprint density at radius 2 is 1.20 bits per heavy atom. The number of benzene rings is 4. The maximum atomic E-state index is 15.2. The van der Waals surface area contributed by atoms with Gasteiger partial charge in [-0.2, -0.15) is 8.78 Å². The molecular weight excluding hydrogens is 607 g/mol. The van der Waals surface area contributed by atoms with Crippen LogP contribution in [0.5, 0.6) is 5.75 Å². The maximum absolute atomic E-state index is 15.2. The molecule has 0 bridgehead atoms. The zero-order valence-electron chi connectivity index (χ0n) is 24.2. The molecule has 10 heteroatoms. The average molecular weight is 637 g/mol. The highest BCUT2D eigenvalue weighted by Gasteiger charge is 2.41. The van der Waals surface area contributed by atoms with Crippen LogP contribution < -0.4 is 4.74 Å². The lowest BCUT2D eigenvalue weighted by molar-refractivity contribution is -0.189. The maximum Gasteiger partial charge on any atom is 0.432 e. The summed E-state index contributed by atoms with van der Waals surface area (Å²) in [4.78, 5) is 0. The molecule has 0 saturated heterocycles. The Morgan fingerprint density at radius 1 is 0.644 bits per heavy atom. The third kappa shape index (κ3) is 6.99. The summed E-state index contributed by atoms with van der Waals surface area (Å²) >= 11 is 0. The van der Waals surface area contributed by atoms with Crippen LogP contribution >= 0.6 is 0 Å². The quantitative estimate of drug-likeness (QED) is 0.131. The summed E-state index contributed by atoms with van der Waals surface area (Å²) in [6.45, 7) is 2.17. The second-order valence-electron chi connectivity index (χ2n) is 11.4. The van der Waals surface area contributed by atoms with Crippen LogP contribution in [0.3, 0.4) is 0 Å². The van der Waals surface area contributed by atoms with E-state index in [0.717, 1.165) is 49.8 Å². The van der Waals surface area contributed by atoms with Crippen molar-refractivity contribution in [2.75, 3.05) is 0 Å². The third-order valence-corrected chi connectivity index (χ3v) is 8.40. The first kappa shape index (κ1) is 32.4. The van der Waals surface area contributed by atoms with Crippen LogP contribution in [-0.4, -0.2) is 0 Å². The molecule has 4 aromatic rings. The van der Waals surface area contributed by atoms with Crippen molar-refractivity contribution in [3.63, 3.8) is 0 Å². The smallest absolute Gasteiger partial charge is 0.429 e. The molecule has 0 amide bonds. The molecule has 0 radical (unpaired) electrons. The lowest BCUT2D eigenvalue weighted by Gasteiger charge is -2.29. The Morgan fingerprint density at radius 3 is 1.78 bits per heavy atom. The number of unbranched alkanes of at least 4 members (excludes halogenated alkanes) is 1. The highest BCUT2D eigenvalue weighted by Crippen LogP contribution is 2.41. The fraction of sp³-hybridized carbons (Fsp3) is 0.314. The predicted molar refractivity (Wildman–Crippen MR) is 152 cm³/mol. The van der Waals surface area contributed by atoms with E-state index in [1.165, 1.54) is 25.0 Å². The first-order valence-corrected chi connectivity index (χ1v) is 14.7. The Kier molecular flexibility index (Phi) is 9.51. The molecule has 0 aromatic heterocycles. The van der Waals surface area contributed by atoms with E-state index in [0.29, 0.717) is 18.1 Å². The number of rotatable bonds is 9. The van der Waals surface area contributed by atoms with E-state index in [1.807, 2.05) is 6.07 Å². The lowest BCUT2D eigenvalue weighted by atomic mass is 9.77. The summed E-state index contributed by atoms with van der Waals surface area (Å²) in [5, 5.41) is 0. The molecule has 4 aromatic carbocycles. The minimum Gasteiger partial charge on any atom is -0.429 e. The molecule has 1 aliphatic carbocycles. The van der Waals surface area contributed by atoms with Crippen LogP contribution in [0.2, 0.25) is 0 Å². The Balaban J connectivity index is 1.35. The molecular formula is C35H29F9O. The highest BCUT2D eigenvalue weighted by molar-refractivity contribution is 5.72. The molecule has 1 saturated carbocycles. The van der Waals surface area contributed by atoms with Crippen LogP contribution in [0.15, 0.2) is 60.7 Å². The van der Waals surface area contributed by atoms with Gasteiger partial charge in [0.1, 0.15) is 34.6 Å². The van der Waals surface area contributed by atoms with Crippen molar-refractivity contribution in [2.24, 2.45) is 5.92 Å². The van der Waals surface area contributed by atoms with Crippen LogP contribution in [-0.2, 0) is 6.11 Å². The van der Waals surface area contributed by atoms with Crippen LogP contribution in [0, 0.1) is 46.6 Å². The SMILES string of the molecule is CCCCC1CCC(c2ccc(-c3ccc(-c4cc(F)c(C(F)(F)Oc5cc(F)c(F)c(F)c5)c(F)c4)c(F)c3)c(F)c2)CC1. The van der Waals surface area contributed by atoms with E-state index in [9.17, 15) is 30.7 Å². The summed E-state index contributed by atoms with van der Waals surface area (Å²) in [6, 6.07) is 9.35. The van der Waals surface area contributed by atoms with Gasteiger partial charge in [-0.1, -0.05) is 50.5 Å². The molecule has 1 nitrogen and oxygen atoms in total. The van der Waals surface area contributed by atoms with Crippen molar-refractivity contribution >= 4 is 0 Å². The van der Waals surface area contributed by atoms with Gasteiger partial charge in [-0.15, -0.1) is 0 Å². The van der Waals surface area contributed by atoms with Crippen molar-refractivity contribution in [2.45, 2.75) is 63.9 Å². The molecule has 0 aliphatic heterocycles. The molecule has 0 unspecified atom stereocenters. The zero-order chi connectivity index (χ0) is 32.5. The number of ether oxygens (including phenoxy) is 1. The fourth-order valence-electron chi connectivity index (χ4n) is 6.01. The molecule has 45 heavy (non-hydrogen) atoms. The van der Waals surface area contributed by atoms with Crippen LogP contribution in [0.25, 0.3) is 22.3 Å². The van der Waals surface area contributed by atoms with Crippen LogP contribution in [0.4, 0.5) is 39.5 Å². The van der Waals surface area contributed by atoms with Gasteiger partial charge < -0.3 is 4.74 Å². The first-order valence-electron chi connectivity index (χ1n) is 14.7. The average Bonchev–Trinajstić information content (AvgIpc) is 2.98. The third-order valence-electron chi connectivity index (χ3n) is 8.40. The Labute approximate surface area is 254 Å². The van der Waals surface area contributed by atoms with E-state index in [1.54, 1.807) is 6.07 Å². The van der Waals surface area contributed by atoms with Crippen molar-refractivity contribution in [3.8, 4) is 28.0 Å².